The summed E-state index contributed by atoms with van der Waals surface area (Å²) in [5.74, 6) is -0.0538. The van der Waals surface area contributed by atoms with Crippen LogP contribution in [0.5, 0.6) is 0 Å². The fourth-order valence-corrected chi connectivity index (χ4v) is 1.72. The summed E-state index contributed by atoms with van der Waals surface area (Å²) in [6.07, 6.45) is 3.53. The second kappa shape index (κ2) is 6.66. The van der Waals surface area contributed by atoms with Gasteiger partial charge in [0, 0.05) is 24.1 Å². The lowest BCUT2D eigenvalue weighted by Gasteiger charge is -2.13. The Bertz CT molecular complexity index is 513. The Hall–Kier alpha value is -2.20. The van der Waals surface area contributed by atoms with Crippen molar-refractivity contribution in [2.45, 2.75) is 13.0 Å². The Labute approximate surface area is 112 Å². The molecule has 2 aromatic rings. The highest BCUT2D eigenvalue weighted by molar-refractivity contribution is 5.92. The second-order valence-corrected chi connectivity index (χ2v) is 4.30. The molecule has 19 heavy (non-hydrogen) atoms. The van der Waals surface area contributed by atoms with Gasteiger partial charge in [0.05, 0.1) is 6.54 Å². The van der Waals surface area contributed by atoms with Gasteiger partial charge in [-0.25, -0.2) is 0 Å². The molecule has 0 fully saturated rings. The number of pyridine rings is 1. The van der Waals surface area contributed by atoms with Crippen LogP contribution in [0.25, 0.3) is 0 Å². The van der Waals surface area contributed by atoms with E-state index in [-0.39, 0.29) is 18.5 Å². The smallest absolute Gasteiger partial charge is 0.238 e. The molecular weight excluding hydrogens is 238 g/mol. The predicted molar refractivity (Wildman–Crippen MR) is 75.7 cm³/mol. The van der Waals surface area contributed by atoms with Crippen LogP contribution >= 0.6 is 0 Å². The average molecular weight is 255 g/mol. The van der Waals surface area contributed by atoms with Crippen LogP contribution in [0.15, 0.2) is 54.9 Å². The van der Waals surface area contributed by atoms with E-state index < -0.39 is 0 Å². The zero-order valence-electron chi connectivity index (χ0n) is 10.8. The number of benzene rings is 1. The first kappa shape index (κ1) is 13.2. The first-order chi connectivity index (χ1) is 9.25. The maximum absolute atomic E-state index is 11.8. The molecule has 0 aliphatic rings. The van der Waals surface area contributed by atoms with Crippen LogP contribution in [0.4, 0.5) is 5.69 Å². The molecule has 1 heterocycles. The van der Waals surface area contributed by atoms with Crippen molar-refractivity contribution in [1.29, 1.82) is 0 Å². The molecule has 0 unspecified atom stereocenters. The van der Waals surface area contributed by atoms with Crippen molar-refractivity contribution in [2.75, 3.05) is 11.9 Å². The number of hydrogen-bond donors (Lipinski definition) is 2. The number of carbonyl (C=O) groups excluding carboxylic acids is 1. The van der Waals surface area contributed by atoms with Gasteiger partial charge in [-0.1, -0.05) is 24.3 Å². The van der Waals surface area contributed by atoms with Gasteiger partial charge in [-0.2, -0.15) is 0 Å². The molecule has 2 rings (SSSR count). The van der Waals surface area contributed by atoms with E-state index in [1.165, 1.54) is 0 Å². The van der Waals surface area contributed by atoms with E-state index in [0.29, 0.717) is 0 Å². The molecular formula is C15H17N3O. The fourth-order valence-electron chi connectivity index (χ4n) is 1.72. The van der Waals surface area contributed by atoms with Crippen molar-refractivity contribution < 1.29 is 4.79 Å². The Morgan fingerprint density at radius 1 is 1.21 bits per heavy atom. The van der Waals surface area contributed by atoms with Gasteiger partial charge in [0.1, 0.15) is 0 Å². The Kier molecular flexibility index (Phi) is 4.64. The summed E-state index contributed by atoms with van der Waals surface area (Å²) >= 11 is 0. The number of carbonyl (C=O) groups is 1. The number of hydrogen-bond acceptors (Lipinski definition) is 3. The van der Waals surface area contributed by atoms with Crippen molar-refractivity contribution in [2.24, 2.45) is 0 Å². The minimum absolute atomic E-state index is 0.0538. The summed E-state index contributed by atoms with van der Waals surface area (Å²) in [7, 11) is 0. The van der Waals surface area contributed by atoms with Gasteiger partial charge in [-0.15, -0.1) is 0 Å². The van der Waals surface area contributed by atoms with E-state index >= 15 is 0 Å². The van der Waals surface area contributed by atoms with Crippen LogP contribution in [-0.4, -0.2) is 17.4 Å². The van der Waals surface area contributed by atoms with Crippen LogP contribution in [0, 0.1) is 0 Å². The Balaban J connectivity index is 1.81. The summed E-state index contributed by atoms with van der Waals surface area (Å²) in [5, 5.41) is 6.00. The van der Waals surface area contributed by atoms with Crippen molar-refractivity contribution in [3.8, 4) is 0 Å². The lowest BCUT2D eigenvalue weighted by molar-refractivity contribution is -0.115. The summed E-state index contributed by atoms with van der Waals surface area (Å²) in [6, 6.07) is 13.4. The number of amides is 1. The van der Waals surface area contributed by atoms with Gasteiger partial charge in [-0.3, -0.25) is 9.78 Å². The lowest BCUT2D eigenvalue weighted by Crippen LogP contribution is -2.30. The van der Waals surface area contributed by atoms with Crippen molar-refractivity contribution in [3.63, 3.8) is 0 Å². The number of para-hydroxylation sites is 1. The number of nitrogens with zero attached hydrogens (tertiary/aromatic N) is 1. The second-order valence-electron chi connectivity index (χ2n) is 4.30. The standard InChI is InChI=1S/C15H17N3O/c1-12(13-6-5-9-16-10-13)17-11-15(19)18-14-7-3-2-4-8-14/h2-10,12,17H,11H2,1H3,(H,18,19)/t12-/m0/s1. The zero-order chi connectivity index (χ0) is 13.5. The molecule has 0 aliphatic carbocycles. The molecule has 1 aromatic heterocycles. The van der Waals surface area contributed by atoms with E-state index in [9.17, 15) is 4.79 Å². The topological polar surface area (TPSA) is 54.0 Å². The Morgan fingerprint density at radius 3 is 2.68 bits per heavy atom. The molecule has 0 bridgehead atoms. The predicted octanol–water partition coefficient (Wildman–Crippen LogP) is 2.37. The van der Waals surface area contributed by atoms with Gasteiger partial charge >= 0.3 is 0 Å². The van der Waals surface area contributed by atoms with E-state index in [2.05, 4.69) is 15.6 Å². The summed E-state index contributed by atoms with van der Waals surface area (Å²) < 4.78 is 0. The SMILES string of the molecule is C[C@H](NCC(=O)Nc1ccccc1)c1cccnc1. The molecule has 0 spiro atoms. The molecule has 0 saturated heterocycles. The first-order valence-corrected chi connectivity index (χ1v) is 6.24. The Morgan fingerprint density at radius 2 is 2.00 bits per heavy atom. The third-order valence-electron chi connectivity index (χ3n) is 2.81. The van der Waals surface area contributed by atoms with Gasteiger partial charge in [-0.05, 0) is 30.7 Å². The largest absolute Gasteiger partial charge is 0.325 e. The first-order valence-electron chi connectivity index (χ1n) is 6.24. The van der Waals surface area contributed by atoms with Gasteiger partial charge in [0.15, 0.2) is 0 Å². The maximum atomic E-state index is 11.8. The fraction of sp³-hybridized carbons (Fsp3) is 0.200. The van der Waals surface area contributed by atoms with Crippen LogP contribution in [-0.2, 0) is 4.79 Å². The van der Waals surface area contributed by atoms with Crippen molar-refractivity contribution >= 4 is 11.6 Å². The summed E-state index contributed by atoms with van der Waals surface area (Å²) in [6.45, 7) is 2.28. The minimum Gasteiger partial charge on any atom is -0.325 e. The molecule has 2 N–H and O–H groups in total. The number of aromatic nitrogens is 1. The van der Waals surface area contributed by atoms with E-state index in [1.807, 2.05) is 49.4 Å². The quantitative estimate of drug-likeness (QED) is 0.862. The summed E-state index contributed by atoms with van der Waals surface area (Å²) in [5.41, 5.74) is 1.87. The van der Waals surface area contributed by atoms with Crippen molar-refractivity contribution in [1.82, 2.24) is 10.3 Å². The molecule has 1 atom stereocenters. The van der Waals surface area contributed by atoms with Gasteiger partial charge in [0.25, 0.3) is 0 Å². The third kappa shape index (κ3) is 4.19. The highest BCUT2D eigenvalue weighted by atomic mass is 16.1. The molecule has 4 nitrogen and oxygen atoms in total. The number of rotatable bonds is 5. The van der Waals surface area contributed by atoms with Crippen LogP contribution < -0.4 is 10.6 Å². The molecule has 0 aliphatic heterocycles. The van der Waals surface area contributed by atoms with Crippen LogP contribution in [0.2, 0.25) is 0 Å². The molecule has 1 amide bonds. The molecule has 1 aromatic carbocycles. The average Bonchev–Trinajstić information content (AvgIpc) is 2.47. The normalized spacial score (nSPS) is 11.8. The number of nitrogens with one attached hydrogen (secondary N) is 2. The van der Waals surface area contributed by atoms with Crippen molar-refractivity contribution in [3.05, 3.63) is 60.4 Å². The van der Waals surface area contributed by atoms with Crippen LogP contribution in [0.1, 0.15) is 18.5 Å². The van der Waals surface area contributed by atoms with E-state index in [4.69, 9.17) is 0 Å². The third-order valence-corrected chi connectivity index (χ3v) is 2.81. The van der Waals surface area contributed by atoms with E-state index in [1.54, 1.807) is 12.4 Å². The summed E-state index contributed by atoms with van der Waals surface area (Å²) in [4.78, 5) is 15.8. The maximum Gasteiger partial charge on any atom is 0.238 e. The lowest BCUT2D eigenvalue weighted by atomic mass is 10.1. The molecule has 98 valence electrons. The number of anilines is 1. The monoisotopic (exact) mass is 255 g/mol. The van der Waals surface area contributed by atoms with Crippen LogP contribution in [0.3, 0.4) is 0 Å². The molecule has 0 saturated carbocycles. The highest BCUT2D eigenvalue weighted by Gasteiger charge is 2.07. The zero-order valence-corrected chi connectivity index (χ0v) is 10.8. The van der Waals surface area contributed by atoms with Gasteiger partial charge in [0.2, 0.25) is 5.91 Å². The molecule has 4 heteroatoms. The molecule has 0 radical (unpaired) electrons. The minimum atomic E-state index is -0.0538. The van der Waals surface area contributed by atoms with Gasteiger partial charge < -0.3 is 10.6 Å². The van der Waals surface area contributed by atoms with E-state index in [0.717, 1.165) is 11.3 Å². The highest BCUT2D eigenvalue weighted by Crippen LogP contribution is 2.09.